The van der Waals surface area contributed by atoms with E-state index >= 15 is 0 Å². The van der Waals surface area contributed by atoms with E-state index in [9.17, 15) is 15.3 Å². The number of allylic oxidation sites excluding steroid dienone is 2. The maximum atomic E-state index is 11.8. The number of benzene rings is 1. The third-order valence-corrected chi connectivity index (χ3v) is 5.74. The Bertz CT molecular complexity index is 707. The van der Waals surface area contributed by atoms with Crippen LogP contribution in [0.1, 0.15) is 31.2 Å². The third-order valence-electron chi connectivity index (χ3n) is 4.55. The van der Waals surface area contributed by atoms with Crippen LogP contribution >= 0.6 is 11.8 Å². The van der Waals surface area contributed by atoms with Crippen molar-refractivity contribution < 1.29 is 4.79 Å². The second kappa shape index (κ2) is 6.38. The smallest absolute Gasteiger partial charge is 0.133 e. The molecule has 1 heterocycles. The molecule has 0 radical (unpaired) electrons. The fourth-order valence-electron chi connectivity index (χ4n) is 3.52. The number of Topliss-reactive ketones (excluding diaryl/α,β-unsaturated/α-hetero) is 1. The molecule has 0 saturated heterocycles. The number of nitriles is 2. The van der Waals surface area contributed by atoms with E-state index in [4.69, 9.17) is 0 Å². The summed E-state index contributed by atoms with van der Waals surface area (Å²) in [7, 11) is 0. The predicted molar refractivity (Wildman–Crippen MR) is 85.8 cm³/mol. The topological polar surface area (TPSA) is 64.7 Å². The molecular weight excluding hydrogens is 292 g/mol. The van der Waals surface area contributed by atoms with E-state index in [1.807, 2.05) is 24.3 Å². The predicted octanol–water partition coefficient (Wildman–Crippen LogP) is 3.97. The summed E-state index contributed by atoms with van der Waals surface area (Å²) in [5.41, 5.74) is 2.06. The number of hydrogen-bond acceptors (Lipinski definition) is 4. The molecule has 3 rings (SSSR count). The van der Waals surface area contributed by atoms with Crippen molar-refractivity contribution in [1.29, 1.82) is 10.5 Å². The maximum absolute atomic E-state index is 11.8. The molecule has 1 aliphatic carbocycles. The largest absolute Gasteiger partial charge is 0.300 e. The summed E-state index contributed by atoms with van der Waals surface area (Å²) in [5.74, 6) is 1.54. The minimum atomic E-state index is 0.124. The lowest BCUT2D eigenvalue weighted by molar-refractivity contribution is -0.121. The Labute approximate surface area is 134 Å². The number of ketones is 1. The molecule has 0 N–H and O–H groups in total. The number of thioether (sulfide) groups is 1. The second-order valence-corrected chi connectivity index (χ2v) is 6.88. The van der Waals surface area contributed by atoms with E-state index < -0.39 is 0 Å². The van der Waals surface area contributed by atoms with Gasteiger partial charge in [0, 0.05) is 23.5 Å². The van der Waals surface area contributed by atoms with Crippen molar-refractivity contribution in [2.45, 2.75) is 30.6 Å². The molecule has 0 spiro atoms. The van der Waals surface area contributed by atoms with Crippen LogP contribution in [0.3, 0.4) is 0 Å². The van der Waals surface area contributed by atoms with Gasteiger partial charge < -0.3 is 0 Å². The first-order valence-corrected chi connectivity index (χ1v) is 8.51. The van der Waals surface area contributed by atoms with Gasteiger partial charge >= 0.3 is 0 Å². The molecule has 2 atom stereocenters. The lowest BCUT2D eigenvalue weighted by Crippen LogP contribution is -2.28. The molecule has 1 aromatic carbocycles. The van der Waals surface area contributed by atoms with E-state index in [1.54, 1.807) is 11.8 Å². The molecule has 0 aromatic heterocycles. The van der Waals surface area contributed by atoms with Gasteiger partial charge in [0.2, 0.25) is 0 Å². The number of fused-ring (bicyclic) bond motifs is 1. The molecule has 2 aliphatic rings. The maximum Gasteiger partial charge on any atom is 0.133 e. The number of rotatable bonds is 1. The Kier molecular flexibility index (Phi) is 4.32. The number of hydrogen-bond donors (Lipinski definition) is 0. The number of carbonyl (C=O) groups excluding carboxylic acids is 1. The normalized spacial score (nSPS) is 24.1. The molecular formula is C18H16N2OS. The van der Waals surface area contributed by atoms with Gasteiger partial charge in [-0.15, -0.1) is 11.8 Å². The fraction of sp³-hybridized carbons (Fsp3) is 0.389. The molecule has 22 heavy (non-hydrogen) atoms. The average molecular weight is 308 g/mol. The Morgan fingerprint density at radius 1 is 1.23 bits per heavy atom. The zero-order valence-electron chi connectivity index (χ0n) is 12.2. The van der Waals surface area contributed by atoms with Gasteiger partial charge in [0.05, 0.1) is 0 Å². The summed E-state index contributed by atoms with van der Waals surface area (Å²) in [5, 5.41) is 18.7. The van der Waals surface area contributed by atoms with Crippen LogP contribution in [0.15, 0.2) is 34.7 Å². The van der Waals surface area contributed by atoms with E-state index in [0.29, 0.717) is 18.6 Å². The van der Waals surface area contributed by atoms with Crippen LogP contribution in [0, 0.1) is 34.5 Å². The van der Waals surface area contributed by atoms with Crippen molar-refractivity contribution in [2.24, 2.45) is 11.8 Å². The Hall–Kier alpha value is -2.04. The molecule has 3 nitrogen and oxygen atoms in total. The summed E-state index contributed by atoms with van der Waals surface area (Å²) < 4.78 is 0. The van der Waals surface area contributed by atoms with Gasteiger partial charge in [0.1, 0.15) is 23.5 Å². The van der Waals surface area contributed by atoms with Gasteiger partial charge in [-0.3, -0.25) is 4.79 Å². The lowest BCUT2D eigenvalue weighted by Gasteiger charge is -2.35. The quantitative estimate of drug-likeness (QED) is 0.736. The van der Waals surface area contributed by atoms with Gasteiger partial charge in [-0.1, -0.05) is 18.2 Å². The summed E-state index contributed by atoms with van der Waals surface area (Å²) in [6, 6.07) is 12.1. The first-order valence-electron chi connectivity index (χ1n) is 7.53. The van der Waals surface area contributed by atoms with Gasteiger partial charge in [-0.2, -0.15) is 10.5 Å². The molecule has 110 valence electrons. The van der Waals surface area contributed by atoms with Crippen LogP contribution in [0.5, 0.6) is 0 Å². The Morgan fingerprint density at radius 2 is 2.00 bits per heavy atom. The van der Waals surface area contributed by atoms with Crippen LogP contribution in [-0.2, 0) is 4.79 Å². The van der Waals surface area contributed by atoms with Crippen LogP contribution in [-0.4, -0.2) is 11.5 Å². The monoisotopic (exact) mass is 308 g/mol. The van der Waals surface area contributed by atoms with Crippen LogP contribution in [0.2, 0.25) is 0 Å². The molecule has 0 bridgehead atoms. The van der Waals surface area contributed by atoms with Crippen molar-refractivity contribution in [1.82, 2.24) is 0 Å². The summed E-state index contributed by atoms with van der Waals surface area (Å²) in [6.45, 7) is 0. The standard InChI is InChI=1S/C18H16N2OS/c19-9-13(10-20)18-15-6-1-2-7-17(15)22-11-16(18)12-4-3-5-14(21)8-12/h1-2,6-7,12,16H,3-5,8,11H2/t12-,16+/m1/s1. The molecule has 1 fully saturated rings. The van der Waals surface area contributed by atoms with Crippen molar-refractivity contribution in [2.75, 3.05) is 5.75 Å². The molecule has 1 saturated carbocycles. The molecule has 0 unspecified atom stereocenters. The zero-order valence-corrected chi connectivity index (χ0v) is 13.0. The van der Waals surface area contributed by atoms with E-state index in [-0.39, 0.29) is 17.4 Å². The minimum Gasteiger partial charge on any atom is -0.300 e. The van der Waals surface area contributed by atoms with Gasteiger partial charge in [-0.05, 0) is 41.9 Å². The van der Waals surface area contributed by atoms with Crippen molar-refractivity contribution in [3.63, 3.8) is 0 Å². The van der Waals surface area contributed by atoms with Gasteiger partial charge in [0.25, 0.3) is 0 Å². The second-order valence-electron chi connectivity index (χ2n) is 5.82. The molecule has 0 amide bonds. The minimum absolute atomic E-state index is 0.124. The van der Waals surface area contributed by atoms with Crippen LogP contribution < -0.4 is 0 Å². The van der Waals surface area contributed by atoms with Crippen molar-refractivity contribution >= 4 is 23.1 Å². The molecule has 4 heteroatoms. The Morgan fingerprint density at radius 3 is 2.73 bits per heavy atom. The number of carbonyl (C=O) groups is 1. The van der Waals surface area contributed by atoms with E-state index in [2.05, 4.69) is 12.1 Å². The highest BCUT2D eigenvalue weighted by atomic mass is 32.2. The highest BCUT2D eigenvalue weighted by Gasteiger charge is 2.35. The first kappa shape index (κ1) is 14.9. The van der Waals surface area contributed by atoms with Crippen molar-refractivity contribution in [3.05, 3.63) is 35.4 Å². The van der Waals surface area contributed by atoms with Crippen molar-refractivity contribution in [3.8, 4) is 12.1 Å². The third kappa shape index (κ3) is 2.67. The summed E-state index contributed by atoms with van der Waals surface area (Å²) in [4.78, 5) is 12.9. The molecule has 1 aliphatic heterocycles. The van der Waals surface area contributed by atoms with Crippen LogP contribution in [0.25, 0.3) is 5.57 Å². The average Bonchev–Trinajstić information content (AvgIpc) is 2.56. The van der Waals surface area contributed by atoms with E-state index in [0.717, 1.165) is 34.6 Å². The van der Waals surface area contributed by atoms with Gasteiger partial charge in [-0.25, -0.2) is 0 Å². The van der Waals surface area contributed by atoms with E-state index in [1.165, 1.54) is 0 Å². The highest BCUT2D eigenvalue weighted by Crippen LogP contribution is 2.47. The Balaban J connectivity index is 2.08. The highest BCUT2D eigenvalue weighted by molar-refractivity contribution is 7.99. The SMILES string of the molecule is N#CC(C#N)=C1c2ccccc2SC[C@H]1[C@@H]1CCCC(=O)C1. The first-order chi connectivity index (χ1) is 10.7. The van der Waals surface area contributed by atoms with Crippen LogP contribution in [0.4, 0.5) is 0 Å². The molecule has 1 aromatic rings. The fourth-order valence-corrected chi connectivity index (χ4v) is 4.82. The summed E-state index contributed by atoms with van der Waals surface area (Å²) >= 11 is 1.77. The lowest BCUT2D eigenvalue weighted by atomic mass is 9.74. The van der Waals surface area contributed by atoms with Gasteiger partial charge in [0.15, 0.2) is 0 Å². The number of nitrogens with zero attached hydrogens (tertiary/aromatic N) is 2. The summed E-state index contributed by atoms with van der Waals surface area (Å²) in [6.07, 6.45) is 3.19. The zero-order chi connectivity index (χ0) is 15.5.